The molecule has 23 heavy (non-hydrogen) atoms. The first-order valence-corrected chi connectivity index (χ1v) is 8.20. The van der Waals surface area contributed by atoms with E-state index >= 15 is 0 Å². The Morgan fingerprint density at radius 2 is 1.65 bits per heavy atom. The van der Waals surface area contributed by atoms with Crippen LogP contribution in [-0.4, -0.2) is 0 Å². The molecule has 0 bridgehead atoms. The average Bonchev–Trinajstić information content (AvgIpc) is 2.76. The van der Waals surface area contributed by atoms with Crippen molar-refractivity contribution >= 4 is 5.57 Å². The van der Waals surface area contributed by atoms with E-state index in [2.05, 4.69) is 88.0 Å². The minimum absolute atomic E-state index is 0.0775. The molecule has 2 aromatic rings. The Morgan fingerprint density at radius 1 is 0.957 bits per heavy atom. The van der Waals surface area contributed by atoms with Crippen LogP contribution in [0.5, 0.6) is 0 Å². The molecule has 0 nitrogen and oxygen atoms in total. The highest BCUT2D eigenvalue weighted by molar-refractivity contribution is 5.85. The molecule has 0 aromatic heterocycles. The smallest absolute Gasteiger partial charge is 0.0158 e. The van der Waals surface area contributed by atoms with Gasteiger partial charge in [0.05, 0.1) is 0 Å². The van der Waals surface area contributed by atoms with Gasteiger partial charge >= 0.3 is 0 Å². The summed E-state index contributed by atoms with van der Waals surface area (Å²) in [5.74, 6) is 0. The SMILES string of the molecule is C=C(C)/C=C\C(=CC)c1ccc2c(c1)-c1ccccc1C2(C)C. The summed E-state index contributed by atoms with van der Waals surface area (Å²) in [5.41, 5.74) is 9.22. The number of allylic oxidation sites excluding steroid dienone is 5. The van der Waals surface area contributed by atoms with E-state index in [0.29, 0.717) is 0 Å². The van der Waals surface area contributed by atoms with Crippen LogP contribution in [0, 0.1) is 0 Å². The molecule has 0 unspecified atom stereocenters. The Hall–Kier alpha value is -2.34. The monoisotopic (exact) mass is 300 g/mol. The lowest BCUT2D eigenvalue weighted by Gasteiger charge is -2.21. The van der Waals surface area contributed by atoms with Crippen LogP contribution in [0.2, 0.25) is 0 Å². The van der Waals surface area contributed by atoms with Crippen molar-refractivity contribution in [1.82, 2.24) is 0 Å². The van der Waals surface area contributed by atoms with Gasteiger partial charge in [0.2, 0.25) is 0 Å². The summed E-state index contributed by atoms with van der Waals surface area (Å²) in [7, 11) is 0. The van der Waals surface area contributed by atoms with Crippen LogP contribution in [0.15, 0.2) is 72.8 Å². The number of fused-ring (bicyclic) bond motifs is 3. The summed E-state index contributed by atoms with van der Waals surface area (Å²) in [6.07, 6.45) is 6.38. The summed E-state index contributed by atoms with van der Waals surface area (Å²) < 4.78 is 0. The fourth-order valence-corrected chi connectivity index (χ4v) is 3.49. The van der Waals surface area contributed by atoms with Gasteiger partial charge in [-0.2, -0.15) is 0 Å². The van der Waals surface area contributed by atoms with E-state index in [-0.39, 0.29) is 5.41 Å². The molecule has 0 atom stereocenters. The van der Waals surface area contributed by atoms with Gasteiger partial charge in [0.25, 0.3) is 0 Å². The molecule has 116 valence electrons. The molecule has 3 rings (SSSR count). The zero-order valence-corrected chi connectivity index (χ0v) is 14.5. The van der Waals surface area contributed by atoms with Gasteiger partial charge in [0.1, 0.15) is 0 Å². The van der Waals surface area contributed by atoms with Crippen LogP contribution in [-0.2, 0) is 5.41 Å². The lowest BCUT2D eigenvalue weighted by atomic mass is 9.82. The molecular weight excluding hydrogens is 276 g/mol. The van der Waals surface area contributed by atoms with E-state index in [9.17, 15) is 0 Å². The maximum Gasteiger partial charge on any atom is 0.0158 e. The van der Waals surface area contributed by atoms with Crippen LogP contribution in [0.3, 0.4) is 0 Å². The van der Waals surface area contributed by atoms with Crippen molar-refractivity contribution in [2.45, 2.75) is 33.1 Å². The summed E-state index contributed by atoms with van der Waals surface area (Å²) in [5, 5.41) is 0. The Labute approximate surface area is 139 Å². The van der Waals surface area contributed by atoms with Crippen molar-refractivity contribution in [2.24, 2.45) is 0 Å². The van der Waals surface area contributed by atoms with Crippen LogP contribution >= 0.6 is 0 Å². The molecule has 0 amide bonds. The third-order valence-electron chi connectivity index (χ3n) is 4.78. The van der Waals surface area contributed by atoms with Gasteiger partial charge in [-0.3, -0.25) is 0 Å². The van der Waals surface area contributed by atoms with Crippen LogP contribution in [0.25, 0.3) is 16.7 Å². The minimum atomic E-state index is 0.0775. The summed E-state index contributed by atoms with van der Waals surface area (Å²) in [4.78, 5) is 0. The van der Waals surface area contributed by atoms with Gasteiger partial charge in [-0.15, -0.1) is 0 Å². The van der Waals surface area contributed by atoms with Gasteiger partial charge in [-0.25, -0.2) is 0 Å². The maximum atomic E-state index is 3.95. The van der Waals surface area contributed by atoms with Gasteiger partial charge in [0, 0.05) is 5.41 Å². The largest absolute Gasteiger partial charge is 0.0961 e. The van der Waals surface area contributed by atoms with Crippen LogP contribution in [0.4, 0.5) is 0 Å². The third-order valence-corrected chi connectivity index (χ3v) is 4.78. The van der Waals surface area contributed by atoms with E-state index in [1.54, 1.807) is 0 Å². The topological polar surface area (TPSA) is 0 Å². The third kappa shape index (κ3) is 2.59. The highest BCUT2D eigenvalue weighted by Gasteiger charge is 2.34. The molecule has 0 heteroatoms. The number of hydrogen-bond acceptors (Lipinski definition) is 0. The zero-order chi connectivity index (χ0) is 16.6. The van der Waals surface area contributed by atoms with E-state index < -0.39 is 0 Å². The fourth-order valence-electron chi connectivity index (χ4n) is 3.49. The van der Waals surface area contributed by atoms with E-state index in [1.165, 1.54) is 33.4 Å². The zero-order valence-electron chi connectivity index (χ0n) is 14.5. The van der Waals surface area contributed by atoms with Gasteiger partial charge in [-0.1, -0.05) is 80.6 Å². The van der Waals surface area contributed by atoms with Crippen molar-refractivity contribution in [3.63, 3.8) is 0 Å². The molecular formula is C23H24. The highest BCUT2D eigenvalue weighted by atomic mass is 14.4. The summed E-state index contributed by atoms with van der Waals surface area (Å²) in [6.45, 7) is 12.7. The normalized spacial score (nSPS) is 15.6. The Balaban J connectivity index is 2.14. The summed E-state index contributed by atoms with van der Waals surface area (Å²) >= 11 is 0. The Bertz CT molecular complexity index is 829. The lowest BCUT2D eigenvalue weighted by Crippen LogP contribution is -2.14. The molecule has 0 saturated heterocycles. The first-order valence-electron chi connectivity index (χ1n) is 8.20. The molecule has 0 fully saturated rings. The molecule has 0 N–H and O–H groups in total. The Morgan fingerprint density at radius 3 is 2.35 bits per heavy atom. The predicted molar refractivity (Wildman–Crippen MR) is 102 cm³/mol. The number of hydrogen-bond donors (Lipinski definition) is 0. The molecule has 0 spiro atoms. The first kappa shape index (κ1) is 15.6. The number of benzene rings is 2. The summed E-state index contributed by atoms with van der Waals surface area (Å²) in [6, 6.07) is 15.6. The lowest BCUT2D eigenvalue weighted by molar-refractivity contribution is 0.660. The molecule has 2 aromatic carbocycles. The molecule has 1 aliphatic carbocycles. The standard InChI is InChI=1S/C23H24/c1-6-17(12-11-16(2)3)18-13-14-22-20(15-18)19-9-7-8-10-21(19)23(22,4)5/h6-15H,2H2,1,3-5H3/b12-11-,17-6?. The van der Waals surface area contributed by atoms with Crippen molar-refractivity contribution in [3.05, 3.63) is 89.5 Å². The van der Waals surface area contributed by atoms with E-state index in [0.717, 1.165) is 5.57 Å². The van der Waals surface area contributed by atoms with Crippen LogP contribution in [0.1, 0.15) is 44.4 Å². The molecule has 0 heterocycles. The second-order valence-corrected chi connectivity index (χ2v) is 6.85. The van der Waals surface area contributed by atoms with E-state index in [4.69, 9.17) is 0 Å². The van der Waals surface area contributed by atoms with Crippen molar-refractivity contribution < 1.29 is 0 Å². The molecule has 0 radical (unpaired) electrons. The predicted octanol–water partition coefficient (Wildman–Crippen LogP) is 6.53. The molecule has 0 saturated carbocycles. The second kappa shape index (κ2) is 5.70. The minimum Gasteiger partial charge on any atom is -0.0961 e. The highest BCUT2D eigenvalue weighted by Crippen LogP contribution is 2.49. The number of rotatable bonds is 3. The van der Waals surface area contributed by atoms with Crippen molar-refractivity contribution in [1.29, 1.82) is 0 Å². The van der Waals surface area contributed by atoms with Gasteiger partial charge in [-0.05, 0) is 53.3 Å². The molecule has 1 aliphatic rings. The Kier molecular flexibility index (Phi) is 3.85. The first-order chi connectivity index (χ1) is 10.9. The van der Waals surface area contributed by atoms with Crippen LogP contribution < -0.4 is 0 Å². The quantitative estimate of drug-likeness (QED) is 0.565. The second-order valence-electron chi connectivity index (χ2n) is 6.85. The fraction of sp³-hybridized carbons (Fsp3) is 0.217. The molecule has 0 aliphatic heterocycles. The van der Waals surface area contributed by atoms with Crippen molar-refractivity contribution in [2.75, 3.05) is 0 Å². The van der Waals surface area contributed by atoms with Gasteiger partial charge in [0.15, 0.2) is 0 Å². The van der Waals surface area contributed by atoms with Gasteiger partial charge < -0.3 is 0 Å². The van der Waals surface area contributed by atoms with E-state index in [1.807, 2.05) is 6.92 Å². The van der Waals surface area contributed by atoms with Crippen molar-refractivity contribution in [3.8, 4) is 11.1 Å². The average molecular weight is 300 g/mol. The maximum absolute atomic E-state index is 3.95.